The molecule has 124 valence electrons. The second-order valence-electron chi connectivity index (χ2n) is 6.06. The van der Waals surface area contributed by atoms with E-state index in [9.17, 15) is 0 Å². The molecule has 4 heteroatoms. The molecule has 0 N–H and O–H groups in total. The zero-order chi connectivity index (χ0) is 15.2. The van der Waals surface area contributed by atoms with Crippen LogP contribution in [0.15, 0.2) is 24.8 Å². The number of ether oxygens (including phenoxy) is 1. The van der Waals surface area contributed by atoms with E-state index in [1.54, 1.807) is 0 Å². The summed E-state index contributed by atoms with van der Waals surface area (Å²) in [6.07, 6.45) is 2.81. The summed E-state index contributed by atoms with van der Waals surface area (Å²) in [4.78, 5) is 4.86. The van der Waals surface area contributed by atoms with Crippen LogP contribution in [-0.4, -0.2) is 56.2 Å². The molecule has 0 unspecified atom stereocenters. The van der Waals surface area contributed by atoms with Gasteiger partial charge in [-0.1, -0.05) is 23.8 Å². The van der Waals surface area contributed by atoms with Gasteiger partial charge in [-0.2, -0.15) is 0 Å². The van der Waals surface area contributed by atoms with E-state index in [0.717, 1.165) is 51.5 Å². The van der Waals surface area contributed by atoms with Crippen molar-refractivity contribution < 1.29 is 4.74 Å². The van der Waals surface area contributed by atoms with Crippen LogP contribution in [0.2, 0.25) is 0 Å². The second-order valence-corrected chi connectivity index (χ2v) is 6.06. The molecule has 0 radical (unpaired) electrons. The molecule has 2 rings (SSSR count). The molecule has 0 saturated carbocycles. The quantitative estimate of drug-likeness (QED) is 0.748. The third kappa shape index (κ3) is 5.31. The Balaban J connectivity index is 0.00000242. The van der Waals surface area contributed by atoms with Crippen molar-refractivity contribution >= 4 is 12.4 Å². The Kier molecular flexibility index (Phi) is 7.94. The molecule has 22 heavy (non-hydrogen) atoms. The number of piperazine rings is 1. The van der Waals surface area contributed by atoms with Crippen molar-refractivity contribution in [2.24, 2.45) is 0 Å². The minimum atomic E-state index is 0. The molecule has 1 aliphatic heterocycles. The molecule has 1 aromatic carbocycles. The number of aryl methyl sites for hydroxylation is 2. The Morgan fingerprint density at radius 2 is 1.86 bits per heavy atom. The number of rotatable bonds is 6. The van der Waals surface area contributed by atoms with Crippen molar-refractivity contribution in [1.29, 1.82) is 0 Å². The fourth-order valence-corrected chi connectivity index (χ4v) is 2.90. The predicted octanol–water partition coefficient (Wildman–Crippen LogP) is 3.08. The summed E-state index contributed by atoms with van der Waals surface area (Å²) in [6, 6.07) is 4.40. The van der Waals surface area contributed by atoms with Crippen molar-refractivity contribution in [3.63, 3.8) is 0 Å². The average Bonchev–Trinajstić information content (AvgIpc) is 2.44. The van der Waals surface area contributed by atoms with Gasteiger partial charge in [0.1, 0.15) is 12.4 Å². The predicted molar refractivity (Wildman–Crippen MR) is 96.5 cm³/mol. The maximum Gasteiger partial charge on any atom is 0.125 e. The van der Waals surface area contributed by atoms with Gasteiger partial charge in [-0.3, -0.25) is 4.90 Å². The normalized spacial score (nSPS) is 16.1. The molecular weight excluding hydrogens is 296 g/mol. The molecule has 1 saturated heterocycles. The van der Waals surface area contributed by atoms with Crippen molar-refractivity contribution in [2.75, 3.05) is 46.4 Å². The van der Waals surface area contributed by atoms with Gasteiger partial charge in [-0.25, -0.2) is 0 Å². The lowest BCUT2D eigenvalue weighted by Gasteiger charge is -2.32. The minimum Gasteiger partial charge on any atom is -0.492 e. The molecule has 0 bridgehead atoms. The van der Waals surface area contributed by atoms with E-state index >= 15 is 0 Å². The first kappa shape index (κ1) is 19.0. The fraction of sp³-hybridized carbons (Fsp3) is 0.556. The minimum absolute atomic E-state index is 0. The van der Waals surface area contributed by atoms with E-state index in [2.05, 4.69) is 49.4 Å². The van der Waals surface area contributed by atoms with Crippen LogP contribution in [0.1, 0.15) is 16.7 Å². The Morgan fingerprint density at radius 1 is 1.18 bits per heavy atom. The van der Waals surface area contributed by atoms with Gasteiger partial charge in [0, 0.05) is 32.7 Å². The highest BCUT2D eigenvalue weighted by Gasteiger charge is 2.14. The molecule has 0 amide bonds. The Labute approximate surface area is 141 Å². The average molecular weight is 325 g/mol. The van der Waals surface area contributed by atoms with Crippen molar-refractivity contribution in [3.05, 3.63) is 41.5 Å². The van der Waals surface area contributed by atoms with Gasteiger partial charge in [0.05, 0.1) is 0 Å². The molecule has 0 aliphatic carbocycles. The van der Waals surface area contributed by atoms with E-state index in [0.29, 0.717) is 0 Å². The molecule has 0 spiro atoms. The number of hydrogen-bond acceptors (Lipinski definition) is 3. The summed E-state index contributed by atoms with van der Waals surface area (Å²) in [5.74, 6) is 1.05. The van der Waals surface area contributed by atoms with Crippen LogP contribution in [0.5, 0.6) is 5.75 Å². The van der Waals surface area contributed by atoms with Gasteiger partial charge in [0.15, 0.2) is 0 Å². The summed E-state index contributed by atoms with van der Waals surface area (Å²) >= 11 is 0. The Hall–Kier alpha value is -1.03. The maximum atomic E-state index is 6.10. The van der Waals surface area contributed by atoms with Gasteiger partial charge in [-0.05, 0) is 38.4 Å². The molecule has 3 nitrogen and oxygen atoms in total. The zero-order valence-electron chi connectivity index (χ0n) is 14.1. The third-order valence-electron chi connectivity index (χ3n) is 4.11. The Morgan fingerprint density at radius 3 is 2.50 bits per heavy atom. The zero-order valence-corrected chi connectivity index (χ0v) is 14.9. The van der Waals surface area contributed by atoms with Crippen molar-refractivity contribution in [3.8, 4) is 5.75 Å². The molecular formula is C18H29ClN2O. The van der Waals surface area contributed by atoms with E-state index in [1.807, 2.05) is 6.08 Å². The lowest BCUT2D eigenvalue weighted by atomic mass is 10.0. The number of nitrogens with zero attached hydrogens (tertiary/aromatic N) is 2. The van der Waals surface area contributed by atoms with Crippen LogP contribution in [0.4, 0.5) is 0 Å². The molecule has 1 heterocycles. The van der Waals surface area contributed by atoms with Gasteiger partial charge in [0.25, 0.3) is 0 Å². The van der Waals surface area contributed by atoms with Crippen LogP contribution in [0.3, 0.4) is 0 Å². The molecule has 1 aliphatic rings. The van der Waals surface area contributed by atoms with Crippen LogP contribution in [-0.2, 0) is 6.42 Å². The van der Waals surface area contributed by atoms with Crippen LogP contribution in [0.25, 0.3) is 0 Å². The van der Waals surface area contributed by atoms with Crippen molar-refractivity contribution in [1.82, 2.24) is 9.80 Å². The van der Waals surface area contributed by atoms with Crippen LogP contribution in [0, 0.1) is 13.8 Å². The van der Waals surface area contributed by atoms with Gasteiger partial charge >= 0.3 is 0 Å². The molecule has 0 atom stereocenters. The third-order valence-corrected chi connectivity index (χ3v) is 4.11. The van der Waals surface area contributed by atoms with Crippen LogP contribution >= 0.6 is 12.4 Å². The summed E-state index contributed by atoms with van der Waals surface area (Å²) in [5.41, 5.74) is 3.77. The lowest BCUT2D eigenvalue weighted by molar-refractivity contribution is 0.133. The first-order valence-corrected chi connectivity index (χ1v) is 7.85. The standard InChI is InChI=1S/C18H28N2O.ClH/c1-5-6-17-14-15(2)13-16(3)18(17)21-12-11-20-9-7-19(4)8-10-20;/h5,13-14H,1,6-12H2,2-4H3;1H. The number of allylic oxidation sites excluding steroid dienone is 1. The maximum absolute atomic E-state index is 6.10. The smallest absolute Gasteiger partial charge is 0.125 e. The summed E-state index contributed by atoms with van der Waals surface area (Å²) in [7, 11) is 2.19. The number of hydrogen-bond donors (Lipinski definition) is 0. The number of benzene rings is 1. The highest BCUT2D eigenvalue weighted by Crippen LogP contribution is 2.26. The SMILES string of the molecule is C=CCc1cc(C)cc(C)c1OCCN1CCN(C)CC1.Cl. The van der Waals surface area contributed by atoms with E-state index < -0.39 is 0 Å². The molecule has 1 aromatic rings. The van der Waals surface area contributed by atoms with Gasteiger partial charge < -0.3 is 9.64 Å². The monoisotopic (exact) mass is 324 g/mol. The first-order valence-electron chi connectivity index (χ1n) is 7.85. The first-order chi connectivity index (χ1) is 10.1. The molecule has 1 fully saturated rings. The number of likely N-dealkylation sites (N-methyl/N-ethyl adjacent to an activating group) is 1. The number of halogens is 1. The highest BCUT2D eigenvalue weighted by atomic mass is 35.5. The molecule has 0 aromatic heterocycles. The van der Waals surface area contributed by atoms with Gasteiger partial charge in [0.2, 0.25) is 0 Å². The Bertz CT molecular complexity index is 482. The van der Waals surface area contributed by atoms with E-state index in [-0.39, 0.29) is 12.4 Å². The highest BCUT2D eigenvalue weighted by molar-refractivity contribution is 5.85. The van der Waals surface area contributed by atoms with E-state index in [4.69, 9.17) is 4.74 Å². The van der Waals surface area contributed by atoms with Gasteiger partial charge in [-0.15, -0.1) is 19.0 Å². The van der Waals surface area contributed by atoms with E-state index in [1.165, 1.54) is 16.7 Å². The fourth-order valence-electron chi connectivity index (χ4n) is 2.90. The largest absolute Gasteiger partial charge is 0.492 e. The lowest BCUT2D eigenvalue weighted by Crippen LogP contribution is -2.45. The second kappa shape index (κ2) is 9.19. The summed E-state index contributed by atoms with van der Waals surface area (Å²) in [5, 5.41) is 0. The summed E-state index contributed by atoms with van der Waals surface area (Å²) < 4.78 is 6.10. The summed E-state index contributed by atoms with van der Waals surface area (Å²) in [6.45, 7) is 14.5. The van der Waals surface area contributed by atoms with Crippen molar-refractivity contribution in [2.45, 2.75) is 20.3 Å². The topological polar surface area (TPSA) is 15.7 Å². The van der Waals surface area contributed by atoms with Crippen LogP contribution < -0.4 is 4.74 Å².